The van der Waals surface area contributed by atoms with Crippen LogP contribution in [0, 0.1) is 17.6 Å². The van der Waals surface area contributed by atoms with E-state index in [4.69, 9.17) is 23.2 Å². The molecule has 0 bridgehead atoms. The summed E-state index contributed by atoms with van der Waals surface area (Å²) in [5.41, 5.74) is 4.51. The van der Waals surface area contributed by atoms with E-state index in [0.29, 0.717) is 28.5 Å². The van der Waals surface area contributed by atoms with Crippen LogP contribution in [0.3, 0.4) is 0 Å². The van der Waals surface area contributed by atoms with Gasteiger partial charge in [0.15, 0.2) is 0 Å². The van der Waals surface area contributed by atoms with Crippen molar-refractivity contribution in [2.45, 2.75) is 6.92 Å². The number of nitrogens with zero attached hydrogens (tertiary/aromatic N) is 2. The predicted molar refractivity (Wildman–Crippen MR) is 97.0 cm³/mol. The molecule has 128 valence electrons. The minimum absolute atomic E-state index is 0.124. The van der Waals surface area contributed by atoms with Crippen LogP contribution in [0.4, 0.5) is 14.5 Å². The lowest BCUT2D eigenvalue weighted by Crippen LogP contribution is -2.39. The first-order valence-electron chi connectivity index (χ1n) is 7.71. The van der Waals surface area contributed by atoms with Gasteiger partial charge in [0.2, 0.25) is 0 Å². The molecule has 4 rings (SSSR count). The van der Waals surface area contributed by atoms with Gasteiger partial charge in [-0.15, -0.1) is 0 Å². The molecule has 25 heavy (non-hydrogen) atoms. The van der Waals surface area contributed by atoms with Gasteiger partial charge in [-0.1, -0.05) is 42.3 Å². The molecule has 1 N–H and O–H groups in total. The van der Waals surface area contributed by atoms with Crippen molar-refractivity contribution in [2.24, 2.45) is 10.9 Å². The number of anilines is 1. The maximum absolute atomic E-state index is 14.5. The van der Waals surface area contributed by atoms with Gasteiger partial charge in [-0.3, -0.25) is 10.0 Å². The van der Waals surface area contributed by atoms with E-state index in [1.54, 1.807) is 23.2 Å². The Hall–Kier alpha value is -1.95. The van der Waals surface area contributed by atoms with Crippen molar-refractivity contribution in [3.05, 3.63) is 69.2 Å². The minimum Gasteiger partial charge on any atom is -0.261 e. The van der Waals surface area contributed by atoms with Gasteiger partial charge in [-0.05, 0) is 29.8 Å². The Bertz CT molecular complexity index is 920. The molecule has 0 spiro atoms. The van der Waals surface area contributed by atoms with Crippen molar-refractivity contribution in [3.63, 3.8) is 0 Å². The fraction of sp³-hybridized carbons (Fsp3) is 0.167. The van der Waals surface area contributed by atoms with Gasteiger partial charge in [-0.2, -0.15) is 0 Å². The number of amidine groups is 1. The van der Waals surface area contributed by atoms with Crippen molar-refractivity contribution in [2.75, 3.05) is 11.7 Å². The van der Waals surface area contributed by atoms with E-state index in [-0.39, 0.29) is 16.5 Å². The second-order valence-electron chi connectivity index (χ2n) is 5.89. The molecule has 3 nitrogen and oxygen atoms in total. The Kier molecular flexibility index (Phi) is 4.02. The van der Waals surface area contributed by atoms with E-state index in [1.165, 1.54) is 18.2 Å². The molecule has 0 fully saturated rings. The molecule has 0 aromatic heterocycles. The van der Waals surface area contributed by atoms with Crippen LogP contribution in [0.5, 0.6) is 0 Å². The molecule has 1 atom stereocenters. The second-order valence-corrected chi connectivity index (χ2v) is 6.67. The minimum atomic E-state index is -0.655. The van der Waals surface area contributed by atoms with E-state index in [2.05, 4.69) is 10.4 Å². The lowest BCUT2D eigenvalue weighted by Gasteiger charge is -2.23. The Balaban J connectivity index is 2.08. The lowest BCUT2D eigenvalue weighted by atomic mass is 9.93. The third kappa shape index (κ3) is 2.54. The number of hydrazine groups is 1. The summed E-state index contributed by atoms with van der Waals surface area (Å²) in [6, 6.07) is 7.21. The predicted octanol–water partition coefficient (Wildman–Crippen LogP) is 5.03. The molecule has 0 aliphatic carbocycles. The number of aliphatic imine (C=N–C) groups is 1. The molecule has 1 unspecified atom stereocenters. The number of fused-ring (bicyclic) bond motifs is 3. The first-order chi connectivity index (χ1) is 12.0. The van der Waals surface area contributed by atoms with Gasteiger partial charge in [0.25, 0.3) is 0 Å². The van der Waals surface area contributed by atoms with Gasteiger partial charge in [0.1, 0.15) is 24.1 Å². The maximum Gasteiger partial charge on any atom is 0.133 e. The monoisotopic (exact) mass is 379 g/mol. The van der Waals surface area contributed by atoms with Crippen molar-refractivity contribution in [1.29, 1.82) is 0 Å². The van der Waals surface area contributed by atoms with Gasteiger partial charge in [-0.25, -0.2) is 14.2 Å². The normalized spacial score (nSPS) is 19.1. The molecule has 0 amide bonds. The number of hydrogen-bond donors (Lipinski definition) is 1. The first kappa shape index (κ1) is 16.5. The van der Waals surface area contributed by atoms with Gasteiger partial charge < -0.3 is 0 Å². The van der Waals surface area contributed by atoms with E-state index < -0.39 is 11.6 Å². The van der Waals surface area contributed by atoms with Crippen molar-refractivity contribution in [3.8, 4) is 0 Å². The summed E-state index contributed by atoms with van der Waals surface area (Å²) in [5.74, 6) is -0.729. The highest BCUT2D eigenvalue weighted by Crippen LogP contribution is 2.44. The lowest BCUT2D eigenvalue weighted by molar-refractivity contribution is 0.577. The molecule has 2 aliphatic heterocycles. The van der Waals surface area contributed by atoms with Crippen LogP contribution in [0.25, 0.3) is 5.57 Å². The molecule has 0 saturated heterocycles. The zero-order valence-electron chi connectivity index (χ0n) is 13.2. The average molecular weight is 380 g/mol. The summed E-state index contributed by atoms with van der Waals surface area (Å²) in [5, 5.41) is 2.36. The second kappa shape index (κ2) is 6.09. The number of rotatable bonds is 1. The van der Waals surface area contributed by atoms with Gasteiger partial charge in [0.05, 0.1) is 21.3 Å². The molecule has 7 heteroatoms. The van der Waals surface area contributed by atoms with E-state index >= 15 is 0 Å². The molecule has 2 heterocycles. The standard InChI is InChI=1S/C18H13Cl2F2N3/c1-9-7-10(15-12(21)3-2-4-13(15)22)16-14(6-5-11(19)17(16)20)25-18(9)23-8-24-25/h2-7,9,24H,8H2,1H3. The highest BCUT2D eigenvalue weighted by molar-refractivity contribution is 6.43. The number of nitrogens with one attached hydrogen (secondary N) is 1. The summed E-state index contributed by atoms with van der Waals surface area (Å²) >= 11 is 12.7. The number of halogens is 4. The highest BCUT2D eigenvalue weighted by Gasteiger charge is 2.33. The van der Waals surface area contributed by atoms with Gasteiger partial charge in [0, 0.05) is 11.5 Å². The molecule has 0 radical (unpaired) electrons. The first-order valence-corrected chi connectivity index (χ1v) is 8.47. The largest absolute Gasteiger partial charge is 0.261 e. The summed E-state index contributed by atoms with van der Waals surface area (Å²) in [6.07, 6.45) is 1.77. The maximum atomic E-state index is 14.5. The van der Waals surface area contributed by atoms with E-state index in [1.807, 2.05) is 6.92 Å². The number of benzene rings is 2. The zero-order valence-corrected chi connectivity index (χ0v) is 14.7. The van der Waals surface area contributed by atoms with Gasteiger partial charge >= 0.3 is 0 Å². The Labute approximate surface area is 153 Å². The van der Waals surface area contributed by atoms with E-state index in [0.717, 1.165) is 5.84 Å². The molecular formula is C18H13Cl2F2N3. The molecule has 0 saturated carbocycles. The van der Waals surface area contributed by atoms with E-state index in [9.17, 15) is 8.78 Å². The fourth-order valence-electron chi connectivity index (χ4n) is 3.25. The molecule has 2 aromatic rings. The third-order valence-corrected chi connectivity index (χ3v) is 5.14. The van der Waals surface area contributed by atoms with Crippen LogP contribution in [0.1, 0.15) is 18.1 Å². The smallest absolute Gasteiger partial charge is 0.133 e. The SMILES string of the molecule is CC1C=C(c2c(F)cccc2F)c2c(ccc(Cl)c2Cl)N2NCN=C12. The van der Waals surface area contributed by atoms with Crippen LogP contribution < -0.4 is 10.4 Å². The third-order valence-electron chi connectivity index (χ3n) is 4.34. The topological polar surface area (TPSA) is 27.6 Å². The summed E-state index contributed by atoms with van der Waals surface area (Å²) in [7, 11) is 0. The fourth-order valence-corrected chi connectivity index (χ4v) is 3.67. The Morgan fingerprint density at radius 2 is 1.84 bits per heavy atom. The summed E-state index contributed by atoms with van der Waals surface area (Å²) < 4.78 is 29.0. The van der Waals surface area contributed by atoms with Crippen LogP contribution >= 0.6 is 23.2 Å². The van der Waals surface area contributed by atoms with Crippen LogP contribution in [0.2, 0.25) is 10.0 Å². The van der Waals surface area contributed by atoms with Crippen LogP contribution in [0.15, 0.2) is 41.4 Å². The van der Waals surface area contributed by atoms with Crippen molar-refractivity contribution in [1.82, 2.24) is 5.43 Å². The summed E-state index contributed by atoms with van der Waals surface area (Å²) in [6.45, 7) is 2.34. The number of hydrogen-bond acceptors (Lipinski definition) is 3. The van der Waals surface area contributed by atoms with Crippen molar-refractivity contribution >= 4 is 40.3 Å². The quantitative estimate of drug-likeness (QED) is 0.751. The van der Waals surface area contributed by atoms with Crippen LogP contribution in [-0.4, -0.2) is 12.5 Å². The average Bonchev–Trinajstić information content (AvgIpc) is 3.02. The Morgan fingerprint density at radius 3 is 2.56 bits per heavy atom. The summed E-state index contributed by atoms with van der Waals surface area (Å²) in [4.78, 5) is 4.45. The molecular weight excluding hydrogens is 367 g/mol. The Morgan fingerprint density at radius 1 is 1.12 bits per heavy atom. The molecule has 2 aromatic carbocycles. The highest BCUT2D eigenvalue weighted by atomic mass is 35.5. The zero-order chi connectivity index (χ0) is 17.7. The molecule has 2 aliphatic rings. The van der Waals surface area contributed by atoms with Crippen molar-refractivity contribution < 1.29 is 8.78 Å². The van der Waals surface area contributed by atoms with Crippen LogP contribution in [-0.2, 0) is 0 Å².